The van der Waals surface area contributed by atoms with Gasteiger partial charge < -0.3 is 10.6 Å². The van der Waals surface area contributed by atoms with Gasteiger partial charge in [0.15, 0.2) is 5.78 Å². The third kappa shape index (κ3) is 6.36. The van der Waals surface area contributed by atoms with Crippen molar-refractivity contribution in [3.8, 4) is 0 Å². The Labute approximate surface area is 226 Å². The highest BCUT2D eigenvalue weighted by Gasteiger charge is 2.19. The van der Waals surface area contributed by atoms with Crippen LogP contribution in [0.1, 0.15) is 47.8 Å². The molecule has 0 aliphatic carbocycles. The number of amides is 2. The van der Waals surface area contributed by atoms with Crippen molar-refractivity contribution in [2.24, 2.45) is 0 Å². The number of carbonyl (C=O) groups is 3. The van der Waals surface area contributed by atoms with E-state index >= 15 is 0 Å². The van der Waals surface area contributed by atoms with Crippen molar-refractivity contribution in [2.75, 3.05) is 0 Å². The molecule has 180 valence electrons. The average molecular weight is 606 g/mol. The molecular formula is C29H22Br2N2O3. The zero-order valence-corrected chi connectivity index (χ0v) is 22.3. The third-order valence-electron chi connectivity index (χ3n) is 5.57. The van der Waals surface area contributed by atoms with E-state index in [1.54, 1.807) is 72.8 Å². The van der Waals surface area contributed by atoms with Crippen LogP contribution < -0.4 is 10.6 Å². The molecule has 0 saturated carbocycles. The molecule has 7 heteroatoms. The molecule has 0 aliphatic heterocycles. The lowest BCUT2D eigenvalue weighted by atomic mass is 9.94. The van der Waals surface area contributed by atoms with Gasteiger partial charge in [0, 0.05) is 44.3 Å². The molecule has 2 amide bonds. The fourth-order valence-corrected chi connectivity index (χ4v) is 4.56. The normalized spacial score (nSPS) is 10.5. The Morgan fingerprint density at radius 2 is 0.944 bits per heavy atom. The number of ketones is 1. The minimum atomic E-state index is -0.220. The summed E-state index contributed by atoms with van der Waals surface area (Å²) in [4.78, 5) is 38.8. The molecule has 4 aromatic carbocycles. The van der Waals surface area contributed by atoms with Crippen LogP contribution in [0.4, 0.5) is 0 Å². The van der Waals surface area contributed by atoms with Crippen molar-refractivity contribution < 1.29 is 14.4 Å². The van der Waals surface area contributed by atoms with E-state index in [0.717, 1.165) is 8.95 Å². The summed E-state index contributed by atoms with van der Waals surface area (Å²) in [5.41, 5.74) is 3.41. The molecule has 0 aromatic heterocycles. The molecule has 0 heterocycles. The van der Waals surface area contributed by atoms with Crippen molar-refractivity contribution in [1.29, 1.82) is 0 Å². The summed E-state index contributed by atoms with van der Waals surface area (Å²) in [6, 6.07) is 28.6. The molecule has 0 fully saturated rings. The SMILES string of the molecule is O=C(NCc1cc(Br)ccc1C(=O)c1ccc(Br)cc1CNC(=O)c1ccccc1)c1ccccc1. The summed E-state index contributed by atoms with van der Waals surface area (Å²) in [5, 5.41) is 5.79. The zero-order valence-electron chi connectivity index (χ0n) is 19.1. The molecule has 0 atom stereocenters. The van der Waals surface area contributed by atoms with Crippen LogP contribution in [0.5, 0.6) is 0 Å². The highest BCUT2D eigenvalue weighted by Crippen LogP contribution is 2.24. The van der Waals surface area contributed by atoms with Gasteiger partial charge in [-0.1, -0.05) is 68.3 Å². The van der Waals surface area contributed by atoms with E-state index < -0.39 is 0 Å². The van der Waals surface area contributed by atoms with Crippen LogP contribution in [-0.2, 0) is 13.1 Å². The van der Waals surface area contributed by atoms with Crippen LogP contribution in [0.15, 0.2) is 106 Å². The van der Waals surface area contributed by atoms with Gasteiger partial charge in [-0.25, -0.2) is 0 Å². The Morgan fingerprint density at radius 3 is 1.33 bits per heavy atom. The quantitative estimate of drug-likeness (QED) is 0.231. The Hall–Kier alpha value is -3.55. The highest BCUT2D eigenvalue weighted by molar-refractivity contribution is 9.10. The number of carbonyl (C=O) groups excluding carboxylic acids is 3. The van der Waals surface area contributed by atoms with Crippen molar-refractivity contribution >= 4 is 49.5 Å². The molecule has 2 N–H and O–H groups in total. The summed E-state index contributed by atoms with van der Waals surface area (Å²) in [5.74, 6) is -0.633. The number of halogens is 2. The van der Waals surface area contributed by atoms with Crippen molar-refractivity contribution in [3.05, 3.63) is 139 Å². The molecule has 5 nitrogen and oxygen atoms in total. The third-order valence-corrected chi connectivity index (χ3v) is 6.56. The van der Waals surface area contributed by atoms with E-state index in [1.807, 2.05) is 24.3 Å². The van der Waals surface area contributed by atoms with Gasteiger partial charge in [0.1, 0.15) is 0 Å². The van der Waals surface area contributed by atoms with Crippen LogP contribution in [-0.4, -0.2) is 17.6 Å². The Balaban J connectivity index is 1.57. The summed E-state index contributed by atoms with van der Waals surface area (Å²) in [7, 11) is 0. The maximum atomic E-state index is 13.7. The zero-order chi connectivity index (χ0) is 25.5. The van der Waals surface area contributed by atoms with E-state index in [0.29, 0.717) is 33.4 Å². The Bertz CT molecular complexity index is 1300. The largest absolute Gasteiger partial charge is 0.348 e. The summed E-state index contributed by atoms with van der Waals surface area (Å²) >= 11 is 6.93. The Morgan fingerprint density at radius 1 is 0.556 bits per heavy atom. The first-order chi connectivity index (χ1) is 17.4. The summed E-state index contributed by atoms with van der Waals surface area (Å²) in [6.45, 7) is 0.371. The van der Waals surface area contributed by atoms with Gasteiger partial charge in [0.2, 0.25) is 0 Å². The first-order valence-electron chi connectivity index (χ1n) is 11.2. The number of benzene rings is 4. The van der Waals surface area contributed by atoms with E-state index in [-0.39, 0.29) is 30.7 Å². The topological polar surface area (TPSA) is 75.3 Å². The van der Waals surface area contributed by atoms with Crippen LogP contribution >= 0.6 is 31.9 Å². The monoisotopic (exact) mass is 604 g/mol. The molecule has 0 radical (unpaired) electrons. The van der Waals surface area contributed by atoms with Gasteiger partial charge in [-0.05, 0) is 71.8 Å². The number of hydrogen-bond acceptors (Lipinski definition) is 3. The maximum absolute atomic E-state index is 13.7. The van der Waals surface area contributed by atoms with Gasteiger partial charge in [0.05, 0.1) is 0 Å². The van der Waals surface area contributed by atoms with Crippen LogP contribution in [0.3, 0.4) is 0 Å². The molecule has 4 aromatic rings. The molecular weight excluding hydrogens is 584 g/mol. The van der Waals surface area contributed by atoms with Crippen LogP contribution in [0, 0.1) is 0 Å². The predicted octanol–water partition coefficient (Wildman–Crippen LogP) is 6.30. The number of rotatable bonds is 8. The van der Waals surface area contributed by atoms with Gasteiger partial charge in [-0.2, -0.15) is 0 Å². The molecule has 0 aliphatic rings. The fourth-order valence-electron chi connectivity index (χ4n) is 3.74. The molecule has 0 bridgehead atoms. The lowest BCUT2D eigenvalue weighted by Gasteiger charge is -2.14. The molecule has 0 unspecified atom stereocenters. The standard InChI is InChI=1S/C29H22Br2N2O3/c30-23-11-13-25(21(15-23)17-32-28(35)19-7-3-1-4-8-19)27(34)26-14-12-24(31)16-22(26)18-33-29(36)20-9-5-2-6-10-20/h1-16H,17-18H2,(H,32,35)(H,33,36). The van der Waals surface area contributed by atoms with Crippen LogP contribution in [0.25, 0.3) is 0 Å². The lowest BCUT2D eigenvalue weighted by Crippen LogP contribution is -2.25. The maximum Gasteiger partial charge on any atom is 0.251 e. The van der Waals surface area contributed by atoms with E-state index in [9.17, 15) is 14.4 Å². The van der Waals surface area contributed by atoms with E-state index in [4.69, 9.17) is 0 Å². The van der Waals surface area contributed by atoms with Crippen molar-refractivity contribution in [1.82, 2.24) is 10.6 Å². The van der Waals surface area contributed by atoms with Crippen molar-refractivity contribution in [2.45, 2.75) is 13.1 Å². The second-order valence-corrected chi connectivity index (χ2v) is 9.86. The lowest BCUT2D eigenvalue weighted by molar-refractivity contribution is 0.0943. The minimum absolute atomic E-state index is 0.185. The smallest absolute Gasteiger partial charge is 0.251 e. The number of hydrogen-bond donors (Lipinski definition) is 2. The molecule has 0 saturated heterocycles. The molecule has 4 rings (SSSR count). The van der Waals surface area contributed by atoms with Gasteiger partial charge in [-0.3, -0.25) is 14.4 Å². The summed E-state index contributed by atoms with van der Waals surface area (Å²) < 4.78 is 1.60. The van der Waals surface area contributed by atoms with E-state index in [1.165, 1.54) is 0 Å². The second-order valence-electron chi connectivity index (χ2n) is 8.03. The second kappa shape index (κ2) is 11.9. The Kier molecular flexibility index (Phi) is 8.46. The minimum Gasteiger partial charge on any atom is -0.348 e. The van der Waals surface area contributed by atoms with Gasteiger partial charge in [0.25, 0.3) is 11.8 Å². The summed E-state index contributed by atoms with van der Waals surface area (Å²) in [6.07, 6.45) is 0. The highest BCUT2D eigenvalue weighted by atomic mass is 79.9. The molecule has 0 spiro atoms. The predicted molar refractivity (Wildman–Crippen MR) is 147 cm³/mol. The van der Waals surface area contributed by atoms with Crippen molar-refractivity contribution in [3.63, 3.8) is 0 Å². The molecule has 36 heavy (non-hydrogen) atoms. The van der Waals surface area contributed by atoms with Crippen LogP contribution in [0.2, 0.25) is 0 Å². The average Bonchev–Trinajstić information content (AvgIpc) is 2.91. The fraction of sp³-hybridized carbons (Fsp3) is 0.0690. The van der Waals surface area contributed by atoms with E-state index in [2.05, 4.69) is 42.5 Å². The number of nitrogens with one attached hydrogen (secondary N) is 2. The van der Waals surface area contributed by atoms with Gasteiger partial charge in [-0.15, -0.1) is 0 Å². The first-order valence-corrected chi connectivity index (χ1v) is 12.8. The van der Waals surface area contributed by atoms with Gasteiger partial charge >= 0.3 is 0 Å². The first kappa shape index (κ1) is 25.5.